The Balaban J connectivity index is 2.14. The predicted octanol–water partition coefficient (Wildman–Crippen LogP) is 2.32. The summed E-state index contributed by atoms with van der Waals surface area (Å²) in [6.07, 6.45) is 3.27. The van der Waals surface area contributed by atoms with Crippen molar-refractivity contribution in [3.8, 4) is 0 Å². The molecule has 0 aliphatic rings. The number of nitrogens with zero attached hydrogens (tertiary/aromatic N) is 1. The summed E-state index contributed by atoms with van der Waals surface area (Å²) in [5.74, 6) is 0.0945. The molecule has 2 amide bonds. The minimum atomic E-state index is -0.000679. The van der Waals surface area contributed by atoms with Gasteiger partial charge in [-0.15, -0.1) is 0 Å². The highest BCUT2D eigenvalue weighted by molar-refractivity contribution is 5.75. The van der Waals surface area contributed by atoms with Crippen molar-refractivity contribution in [1.29, 1.82) is 0 Å². The van der Waals surface area contributed by atoms with E-state index in [1.54, 1.807) is 0 Å². The van der Waals surface area contributed by atoms with Crippen molar-refractivity contribution in [1.82, 2.24) is 10.6 Å². The lowest BCUT2D eigenvalue weighted by molar-refractivity contribution is -0.121. The van der Waals surface area contributed by atoms with E-state index in [0.717, 1.165) is 24.9 Å². The van der Waals surface area contributed by atoms with Crippen LogP contribution < -0.4 is 15.5 Å². The summed E-state index contributed by atoms with van der Waals surface area (Å²) < 4.78 is 0. The minimum absolute atomic E-state index is 0.000679. The van der Waals surface area contributed by atoms with Crippen LogP contribution in [0.15, 0.2) is 30.3 Å². The van der Waals surface area contributed by atoms with Crippen molar-refractivity contribution >= 4 is 17.5 Å². The van der Waals surface area contributed by atoms with Gasteiger partial charge in [-0.25, -0.2) is 0 Å². The van der Waals surface area contributed by atoms with Gasteiger partial charge in [0.05, 0.1) is 0 Å². The van der Waals surface area contributed by atoms with Crippen LogP contribution in [0.4, 0.5) is 5.69 Å². The SMILES string of the molecule is CC(=O)NCCCCCC(=O)NCC(C)N(C)c1ccccc1. The molecule has 2 N–H and O–H groups in total. The maximum absolute atomic E-state index is 11.8. The number of nitrogens with one attached hydrogen (secondary N) is 2. The number of likely N-dealkylation sites (N-methyl/N-ethyl adjacent to an activating group) is 1. The van der Waals surface area contributed by atoms with E-state index in [1.165, 1.54) is 6.92 Å². The molecule has 1 aromatic carbocycles. The van der Waals surface area contributed by atoms with Crippen LogP contribution in [0, 0.1) is 0 Å². The number of para-hydroxylation sites is 1. The van der Waals surface area contributed by atoms with Gasteiger partial charge in [0.15, 0.2) is 0 Å². The van der Waals surface area contributed by atoms with Crippen molar-refractivity contribution < 1.29 is 9.59 Å². The average Bonchev–Trinajstić information content (AvgIpc) is 2.55. The number of anilines is 1. The summed E-state index contributed by atoms with van der Waals surface area (Å²) in [6.45, 7) is 4.94. The third-order valence-electron chi connectivity index (χ3n) is 3.87. The first-order chi connectivity index (χ1) is 11.0. The molecule has 1 atom stereocenters. The maximum Gasteiger partial charge on any atom is 0.220 e. The molecule has 0 radical (unpaired) electrons. The van der Waals surface area contributed by atoms with Gasteiger partial charge in [0.1, 0.15) is 0 Å². The molecule has 1 unspecified atom stereocenters. The second-order valence-corrected chi connectivity index (χ2v) is 5.89. The molecule has 1 rings (SSSR count). The third-order valence-corrected chi connectivity index (χ3v) is 3.87. The van der Waals surface area contributed by atoms with E-state index < -0.39 is 0 Å². The number of carbonyl (C=O) groups is 2. The first-order valence-corrected chi connectivity index (χ1v) is 8.29. The van der Waals surface area contributed by atoms with Crippen LogP contribution in [-0.2, 0) is 9.59 Å². The third kappa shape index (κ3) is 8.24. The summed E-state index contributed by atoms with van der Waals surface area (Å²) in [6, 6.07) is 10.4. The fraction of sp³-hybridized carbons (Fsp3) is 0.556. The number of benzene rings is 1. The Hall–Kier alpha value is -2.04. The molecule has 128 valence electrons. The van der Waals surface area contributed by atoms with Crippen LogP contribution in [0.25, 0.3) is 0 Å². The molecule has 0 spiro atoms. The van der Waals surface area contributed by atoms with Gasteiger partial charge in [0.25, 0.3) is 0 Å². The van der Waals surface area contributed by atoms with Crippen molar-refractivity contribution in [3.63, 3.8) is 0 Å². The smallest absolute Gasteiger partial charge is 0.220 e. The van der Waals surface area contributed by atoms with Gasteiger partial charge in [-0.3, -0.25) is 9.59 Å². The van der Waals surface area contributed by atoms with Gasteiger partial charge >= 0.3 is 0 Å². The summed E-state index contributed by atoms with van der Waals surface area (Å²) in [7, 11) is 2.04. The van der Waals surface area contributed by atoms with Gasteiger partial charge in [-0.2, -0.15) is 0 Å². The molecule has 0 saturated carbocycles. The number of hydrogen-bond acceptors (Lipinski definition) is 3. The van der Waals surface area contributed by atoms with Gasteiger partial charge in [-0.1, -0.05) is 24.6 Å². The molecule has 0 fully saturated rings. The molecule has 23 heavy (non-hydrogen) atoms. The minimum Gasteiger partial charge on any atom is -0.370 e. The summed E-state index contributed by atoms with van der Waals surface area (Å²) >= 11 is 0. The van der Waals surface area contributed by atoms with Crippen LogP contribution in [0.2, 0.25) is 0 Å². The van der Waals surface area contributed by atoms with E-state index in [-0.39, 0.29) is 17.9 Å². The largest absolute Gasteiger partial charge is 0.370 e. The summed E-state index contributed by atoms with van der Waals surface area (Å²) in [4.78, 5) is 24.7. The van der Waals surface area contributed by atoms with Gasteiger partial charge in [0, 0.05) is 45.2 Å². The monoisotopic (exact) mass is 319 g/mol. The number of unbranched alkanes of at least 4 members (excludes halogenated alkanes) is 2. The molecule has 5 nitrogen and oxygen atoms in total. The molecule has 0 aliphatic carbocycles. The fourth-order valence-corrected chi connectivity index (χ4v) is 2.26. The zero-order valence-electron chi connectivity index (χ0n) is 14.5. The Kier molecular flexibility index (Phi) is 8.80. The average molecular weight is 319 g/mol. The van der Waals surface area contributed by atoms with Crippen LogP contribution in [-0.4, -0.2) is 38.0 Å². The van der Waals surface area contributed by atoms with E-state index in [9.17, 15) is 9.59 Å². The van der Waals surface area contributed by atoms with Gasteiger partial charge < -0.3 is 15.5 Å². The van der Waals surface area contributed by atoms with Crippen LogP contribution >= 0.6 is 0 Å². The highest BCUT2D eigenvalue weighted by atomic mass is 16.2. The highest BCUT2D eigenvalue weighted by Gasteiger charge is 2.11. The number of rotatable bonds is 10. The molecule has 0 saturated heterocycles. The Morgan fingerprint density at radius 1 is 1.09 bits per heavy atom. The normalized spacial score (nSPS) is 11.6. The van der Waals surface area contributed by atoms with Crippen LogP contribution in [0.5, 0.6) is 0 Å². The molecule has 5 heteroatoms. The first kappa shape index (κ1) is 19.0. The zero-order valence-corrected chi connectivity index (χ0v) is 14.5. The second-order valence-electron chi connectivity index (χ2n) is 5.89. The molecule has 1 aromatic rings. The molecule has 0 aliphatic heterocycles. The Bertz CT molecular complexity index is 476. The molecule has 0 aromatic heterocycles. The van der Waals surface area contributed by atoms with Crippen molar-refractivity contribution in [2.45, 2.75) is 45.6 Å². The highest BCUT2D eigenvalue weighted by Crippen LogP contribution is 2.13. The summed E-state index contributed by atoms with van der Waals surface area (Å²) in [5, 5.41) is 5.75. The number of hydrogen-bond donors (Lipinski definition) is 2. The predicted molar refractivity (Wildman–Crippen MR) is 94.5 cm³/mol. The number of carbonyl (C=O) groups excluding carboxylic acids is 2. The molecular weight excluding hydrogens is 290 g/mol. The first-order valence-electron chi connectivity index (χ1n) is 8.29. The van der Waals surface area contributed by atoms with Crippen molar-refractivity contribution in [3.05, 3.63) is 30.3 Å². The topological polar surface area (TPSA) is 61.4 Å². The number of amides is 2. The molecule has 0 heterocycles. The van der Waals surface area contributed by atoms with E-state index in [2.05, 4.69) is 34.6 Å². The summed E-state index contributed by atoms with van der Waals surface area (Å²) in [5.41, 5.74) is 1.15. The Labute approximate surface area is 139 Å². The van der Waals surface area contributed by atoms with E-state index in [4.69, 9.17) is 0 Å². The van der Waals surface area contributed by atoms with Crippen LogP contribution in [0.1, 0.15) is 39.5 Å². The quantitative estimate of drug-likeness (QED) is 0.651. The van der Waals surface area contributed by atoms with Crippen molar-refractivity contribution in [2.75, 3.05) is 25.0 Å². The Morgan fingerprint density at radius 2 is 1.78 bits per heavy atom. The van der Waals surface area contributed by atoms with E-state index >= 15 is 0 Å². The standard InChI is InChI=1S/C18H29N3O2/c1-15(21(3)17-10-6-4-7-11-17)14-20-18(23)12-8-5-9-13-19-16(2)22/h4,6-7,10-11,15H,5,8-9,12-14H2,1-3H3,(H,19,22)(H,20,23). The Morgan fingerprint density at radius 3 is 2.43 bits per heavy atom. The fourth-order valence-electron chi connectivity index (χ4n) is 2.26. The lowest BCUT2D eigenvalue weighted by atomic mass is 10.2. The second kappa shape index (κ2) is 10.6. The maximum atomic E-state index is 11.8. The van der Waals surface area contributed by atoms with E-state index in [0.29, 0.717) is 19.5 Å². The zero-order chi connectivity index (χ0) is 17.1. The lowest BCUT2D eigenvalue weighted by Gasteiger charge is -2.27. The lowest BCUT2D eigenvalue weighted by Crippen LogP contribution is -2.40. The molecule has 0 bridgehead atoms. The van der Waals surface area contributed by atoms with Gasteiger partial charge in [0.2, 0.25) is 11.8 Å². The van der Waals surface area contributed by atoms with E-state index in [1.807, 2.05) is 25.2 Å². The van der Waals surface area contributed by atoms with Gasteiger partial charge in [-0.05, 0) is 31.9 Å². The van der Waals surface area contributed by atoms with Crippen LogP contribution in [0.3, 0.4) is 0 Å². The molecular formula is C18H29N3O2. The van der Waals surface area contributed by atoms with Crippen molar-refractivity contribution in [2.24, 2.45) is 0 Å².